The van der Waals surface area contributed by atoms with E-state index in [0.717, 1.165) is 0 Å². The molecule has 2 aromatic rings. The summed E-state index contributed by atoms with van der Waals surface area (Å²) in [6.45, 7) is 2.85. The molecule has 0 N–H and O–H groups in total. The lowest BCUT2D eigenvalue weighted by atomic mass is 10.1. The summed E-state index contributed by atoms with van der Waals surface area (Å²) in [6, 6.07) is 5.14. The summed E-state index contributed by atoms with van der Waals surface area (Å²) in [7, 11) is 0. The van der Waals surface area contributed by atoms with Gasteiger partial charge < -0.3 is 18.6 Å². The summed E-state index contributed by atoms with van der Waals surface area (Å²) in [5.74, 6) is 0.523. The summed E-state index contributed by atoms with van der Waals surface area (Å²) >= 11 is 0. The minimum absolute atomic E-state index is 0.111. The molecule has 6 nitrogen and oxygen atoms in total. The van der Waals surface area contributed by atoms with E-state index in [-0.39, 0.29) is 18.6 Å². The second-order valence-electron chi connectivity index (χ2n) is 4.55. The SMILES string of the molecule is CCOC(=O)Cc1cc2ccc3c(c2oc1=O)OCCO3. The van der Waals surface area contributed by atoms with Crippen LogP contribution in [-0.2, 0) is 16.0 Å². The number of hydrogen-bond donors (Lipinski definition) is 0. The lowest BCUT2D eigenvalue weighted by molar-refractivity contribution is -0.142. The molecule has 0 saturated heterocycles. The van der Waals surface area contributed by atoms with Gasteiger partial charge in [0.1, 0.15) is 13.2 Å². The predicted molar refractivity (Wildman–Crippen MR) is 73.8 cm³/mol. The summed E-state index contributed by atoms with van der Waals surface area (Å²) in [6.07, 6.45) is -0.111. The lowest BCUT2D eigenvalue weighted by Crippen LogP contribution is -2.17. The third-order valence-corrected chi connectivity index (χ3v) is 3.12. The Morgan fingerprint density at radius 3 is 2.90 bits per heavy atom. The van der Waals surface area contributed by atoms with Crippen molar-refractivity contribution in [3.63, 3.8) is 0 Å². The minimum atomic E-state index is -0.571. The molecule has 0 bridgehead atoms. The zero-order valence-electron chi connectivity index (χ0n) is 11.5. The Labute approximate surface area is 120 Å². The smallest absolute Gasteiger partial charge is 0.340 e. The van der Waals surface area contributed by atoms with Gasteiger partial charge in [0, 0.05) is 10.9 Å². The van der Waals surface area contributed by atoms with Gasteiger partial charge in [0.15, 0.2) is 11.3 Å². The van der Waals surface area contributed by atoms with Crippen molar-refractivity contribution in [3.05, 3.63) is 34.2 Å². The van der Waals surface area contributed by atoms with Gasteiger partial charge in [-0.25, -0.2) is 4.79 Å². The molecule has 0 atom stereocenters. The summed E-state index contributed by atoms with van der Waals surface area (Å²) in [5.41, 5.74) is 0.0283. The van der Waals surface area contributed by atoms with E-state index in [9.17, 15) is 9.59 Å². The van der Waals surface area contributed by atoms with E-state index in [0.29, 0.717) is 35.7 Å². The van der Waals surface area contributed by atoms with Gasteiger partial charge in [-0.15, -0.1) is 0 Å². The quantitative estimate of drug-likeness (QED) is 0.632. The second-order valence-corrected chi connectivity index (χ2v) is 4.55. The highest BCUT2D eigenvalue weighted by Gasteiger charge is 2.19. The summed E-state index contributed by atoms with van der Waals surface area (Å²) < 4.78 is 21.1. The van der Waals surface area contributed by atoms with Crippen molar-refractivity contribution >= 4 is 16.9 Å². The van der Waals surface area contributed by atoms with E-state index < -0.39 is 11.6 Å². The van der Waals surface area contributed by atoms with Crippen molar-refractivity contribution in [1.82, 2.24) is 0 Å². The highest BCUT2D eigenvalue weighted by atomic mass is 16.6. The van der Waals surface area contributed by atoms with Crippen LogP contribution in [0.5, 0.6) is 11.5 Å². The van der Waals surface area contributed by atoms with Gasteiger partial charge >= 0.3 is 11.6 Å². The molecule has 6 heteroatoms. The van der Waals surface area contributed by atoms with Gasteiger partial charge in [-0.2, -0.15) is 0 Å². The van der Waals surface area contributed by atoms with Crippen LogP contribution >= 0.6 is 0 Å². The highest BCUT2D eigenvalue weighted by Crippen LogP contribution is 2.37. The Morgan fingerprint density at radius 1 is 1.29 bits per heavy atom. The van der Waals surface area contributed by atoms with Crippen molar-refractivity contribution in [1.29, 1.82) is 0 Å². The van der Waals surface area contributed by atoms with Crippen LogP contribution in [0.3, 0.4) is 0 Å². The van der Waals surface area contributed by atoms with Gasteiger partial charge in [0.25, 0.3) is 0 Å². The number of carbonyl (C=O) groups is 1. The number of rotatable bonds is 3. The van der Waals surface area contributed by atoms with E-state index >= 15 is 0 Å². The van der Waals surface area contributed by atoms with Gasteiger partial charge in [-0.05, 0) is 25.1 Å². The zero-order valence-corrected chi connectivity index (χ0v) is 11.5. The Hall–Kier alpha value is -2.50. The second kappa shape index (κ2) is 5.47. The Bertz CT molecular complexity index is 746. The predicted octanol–water partition coefficient (Wildman–Crippen LogP) is 1.67. The molecule has 0 spiro atoms. The van der Waals surface area contributed by atoms with Crippen LogP contribution in [-0.4, -0.2) is 25.8 Å². The molecular weight excluding hydrogens is 276 g/mol. The van der Waals surface area contributed by atoms with Crippen LogP contribution in [0.1, 0.15) is 12.5 Å². The molecule has 0 fully saturated rings. The van der Waals surface area contributed by atoms with E-state index in [2.05, 4.69) is 0 Å². The van der Waals surface area contributed by atoms with Gasteiger partial charge in [-0.1, -0.05) is 0 Å². The molecule has 0 radical (unpaired) electrons. The standard InChI is InChI=1S/C15H14O6/c1-2-18-12(16)8-10-7-9-3-4-11-14(20-6-5-19-11)13(9)21-15(10)17/h3-4,7H,2,5-6,8H2,1H3. The molecule has 2 heterocycles. The molecule has 1 aliphatic rings. The molecule has 0 amide bonds. The van der Waals surface area contributed by atoms with E-state index in [1.54, 1.807) is 25.1 Å². The fourth-order valence-electron chi connectivity index (χ4n) is 2.22. The first-order chi connectivity index (χ1) is 10.2. The molecule has 0 aliphatic carbocycles. The third kappa shape index (κ3) is 2.56. The van der Waals surface area contributed by atoms with Crippen LogP contribution in [0.15, 0.2) is 27.4 Å². The number of fused-ring (bicyclic) bond motifs is 3. The van der Waals surface area contributed by atoms with Crippen molar-refractivity contribution in [2.75, 3.05) is 19.8 Å². The number of esters is 1. The first-order valence-corrected chi connectivity index (χ1v) is 6.70. The number of hydrogen-bond acceptors (Lipinski definition) is 6. The lowest BCUT2D eigenvalue weighted by Gasteiger charge is -2.18. The molecule has 21 heavy (non-hydrogen) atoms. The van der Waals surface area contributed by atoms with Crippen molar-refractivity contribution in [2.24, 2.45) is 0 Å². The minimum Gasteiger partial charge on any atom is -0.486 e. The maximum atomic E-state index is 12.0. The van der Waals surface area contributed by atoms with Gasteiger partial charge in [-0.3, -0.25) is 4.79 Å². The maximum absolute atomic E-state index is 12.0. The molecule has 1 aliphatic heterocycles. The number of ether oxygens (including phenoxy) is 3. The zero-order chi connectivity index (χ0) is 14.8. The van der Waals surface area contributed by atoms with E-state index in [1.807, 2.05) is 0 Å². The Kier molecular flexibility index (Phi) is 3.51. The summed E-state index contributed by atoms with van der Waals surface area (Å²) in [4.78, 5) is 23.5. The maximum Gasteiger partial charge on any atom is 0.340 e. The van der Waals surface area contributed by atoms with Crippen LogP contribution in [0.4, 0.5) is 0 Å². The van der Waals surface area contributed by atoms with Crippen molar-refractivity contribution < 1.29 is 23.4 Å². The fourth-order valence-corrected chi connectivity index (χ4v) is 2.22. The first-order valence-electron chi connectivity index (χ1n) is 6.70. The number of benzene rings is 1. The third-order valence-electron chi connectivity index (χ3n) is 3.12. The Morgan fingerprint density at radius 2 is 2.10 bits per heavy atom. The molecule has 0 saturated carbocycles. The first kappa shape index (κ1) is 13.5. The molecule has 0 unspecified atom stereocenters. The largest absolute Gasteiger partial charge is 0.486 e. The van der Waals surface area contributed by atoms with Crippen LogP contribution in [0.25, 0.3) is 11.0 Å². The topological polar surface area (TPSA) is 75.0 Å². The fraction of sp³-hybridized carbons (Fsp3) is 0.333. The van der Waals surface area contributed by atoms with E-state index in [1.165, 1.54) is 0 Å². The normalized spacial score (nSPS) is 13.2. The molecule has 110 valence electrons. The van der Waals surface area contributed by atoms with Crippen LogP contribution in [0, 0.1) is 0 Å². The van der Waals surface area contributed by atoms with Gasteiger partial charge in [0.05, 0.1) is 13.0 Å². The Balaban J connectivity index is 2.04. The molecule has 1 aromatic carbocycles. The highest BCUT2D eigenvalue weighted by molar-refractivity contribution is 5.86. The average molecular weight is 290 g/mol. The van der Waals surface area contributed by atoms with Crippen molar-refractivity contribution in [3.8, 4) is 11.5 Å². The molecular formula is C15H14O6. The number of carbonyl (C=O) groups excluding carboxylic acids is 1. The molecule has 1 aromatic heterocycles. The van der Waals surface area contributed by atoms with Crippen molar-refractivity contribution in [2.45, 2.75) is 13.3 Å². The van der Waals surface area contributed by atoms with E-state index in [4.69, 9.17) is 18.6 Å². The summed E-state index contributed by atoms with van der Waals surface area (Å²) in [5, 5.41) is 0.679. The average Bonchev–Trinajstić information content (AvgIpc) is 2.48. The monoisotopic (exact) mass is 290 g/mol. The van der Waals surface area contributed by atoms with Crippen LogP contribution in [0.2, 0.25) is 0 Å². The van der Waals surface area contributed by atoms with Crippen LogP contribution < -0.4 is 15.1 Å². The van der Waals surface area contributed by atoms with Gasteiger partial charge in [0.2, 0.25) is 5.75 Å². The molecule has 3 rings (SSSR count).